The highest BCUT2D eigenvalue weighted by Gasteiger charge is 2.21. The molecule has 0 spiro atoms. The topological polar surface area (TPSA) is 12.9 Å². The Bertz CT molecular complexity index is 768. The van der Waals surface area contributed by atoms with E-state index >= 15 is 0 Å². The van der Waals surface area contributed by atoms with Crippen molar-refractivity contribution in [2.24, 2.45) is 5.92 Å². The zero-order valence-corrected chi connectivity index (χ0v) is 18.4. The molecule has 0 unspecified atom stereocenters. The molecule has 1 heterocycles. The van der Waals surface area contributed by atoms with Gasteiger partial charge in [0, 0.05) is 11.8 Å². The molecule has 0 radical (unpaired) electrons. The van der Waals surface area contributed by atoms with Crippen LogP contribution in [0, 0.1) is 17.8 Å². The van der Waals surface area contributed by atoms with Gasteiger partial charge >= 0.3 is 0 Å². The van der Waals surface area contributed by atoms with Crippen molar-refractivity contribution in [3.05, 3.63) is 65.0 Å². The molecule has 2 aromatic rings. The molecule has 0 bridgehead atoms. The SMILES string of the molecule is CCCCCc1ccc(C#Cc2ccc(C3CCC(CCCC)CC3)cc2)nc1. The Morgan fingerprint density at radius 2 is 1.59 bits per heavy atom. The van der Waals surface area contributed by atoms with Crippen LogP contribution in [0.2, 0.25) is 0 Å². The summed E-state index contributed by atoms with van der Waals surface area (Å²) in [5, 5.41) is 0. The van der Waals surface area contributed by atoms with Crippen LogP contribution >= 0.6 is 0 Å². The third kappa shape index (κ3) is 7.04. The Hall–Kier alpha value is -2.07. The molecule has 0 N–H and O–H groups in total. The lowest BCUT2D eigenvalue weighted by molar-refractivity contribution is 0.304. The zero-order chi connectivity index (χ0) is 20.3. The highest BCUT2D eigenvalue weighted by molar-refractivity contribution is 5.41. The van der Waals surface area contributed by atoms with E-state index in [1.54, 1.807) is 0 Å². The van der Waals surface area contributed by atoms with Crippen LogP contribution in [0.25, 0.3) is 0 Å². The molecule has 3 rings (SSSR count). The van der Waals surface area contributed by atoms with Gasteiger partial charge in [-0.3, -0.25) is 0 Å². The minimum absolute atomic E-state index is 0.747. The van der Waals surface area contributed by atoms with Gasteiger partial charge in [-0.1, -0.05) is 70.1 Å². The van der Waals surface area contributed by atoms with Crippen LogP contribution < -0.4 is 0 Å². The van der Waals surface area contributed by atoms with E-state index < -0.39 is 0 Å². The summed E-state index contributed by atoms with van der Waals surface area (Å²) in [5.74, 6) is 8.22. The Balaban J connectivity index is 1.51. The van der Waals surface area contributed by atoms with E-state index in [4.69, 9.17) is 0 Å². The summed E-state index contributed by atoms with van der Waals surface area (Å²) in [4.78, 5) is 4.52. The second-order valence-corrected chi connectivity index (χ2v) is 8.74. The normalized spacial score (nSPS) is 18.8. The fraction of sp³-hybridized carbons (Fsp3) is 0.536. The fourth-order valence-electron chi connectivity index (χ4n) is 4.48. The van der Waals surface area contributed by atoms with E-state index in [9.17, 15) is 0 Å². The molecule has 0 amide bonds. The molecule has 1 heteroatoms. The Morgan fingerprint density at radius 1 is 0.828 bits per heavy atom. The summed E-state index contributed by atoms with van der Waals surface area (Å²) in [6, 6.07) is 13.2. The molecule has 0 saturated heterocycles. The van der Waals surface area contributed by atoms with Gasteiger partial charge in [-0.25, -0.2) is 4.98 Å². The highest BCUT2D eigenvalue weighted by Crippen LogP contribution is 2.37. The number of benzene rings is 1. The van der Waals surface area contributed by atoms with Crippen LogP contribution in [0.3, 0.4) is 0 Å². The van der Waals surface area contributed by atoms with Crippen molar-refractivity contribution in [1.29, 1.82) is 0 Å². The summed E-state index contributed by atoms with van der Waals surface area (Å²) in [5.41, 5.74) is 4.76. The van der Waals surface area contributed by atoms with Gasteiger partial charge in [0.1, 0.15) is 5.69 Å². The van der Waals surface area contributed by atoms with Crippen molar-refractivity contribution in [2.45, 2.75) is 90.4 Å². The van der Waals surface area contributed by atoms with E-state index in [2.05, 4.69) is 67.1 Å². The summed E-state index contributed by atoms with van der Waals surface area (Å²) < 4.78 is 0. The molecule has 29 heavy (non-hydrogen) atoms. The van der Waals surface area contributed by atoms with Crippen molar-refractivity contribution < 1.29 is 0 Å². The van der Waals surface area contributed by atoms with Gasteiger partial charge in [-0.15, -0.1) is 0 Å². The van der Waals surface area contributed by atoms with Gasteiger partial charge in [0.15, 0.2) is 0 Å². The molecule has 0 atom stereocenters. The lowest BCUT2D eigenvalue weighted by atomic mass is 9.77. The van der Waals surface area contributed by atoms with Gasteiger partial charge in [-0.2, -0.15) is 0 Å². The van der Waals surface area contributed by atoms with Gasteiger partial charge in [-0.05, 0) is 85.6 Å². The lowest BCUT2D eigenvalue weighted by Crippen LogP contribution is -2.13. The predicted octanol–water partition coefficient (Wildman–Crippen LogP) is 7.68. The maximum atomic E-state index is 4.52. The second kappa shape index (κ2) is 11.8. The monoisotopic (exact) mass is 387 g/mol. The minimum Gasteiger partial charge on any atom is -0.248 e. The quantitative estimate of drug-likeness (QED) is 0.334. The Morgan fingerprint density at radius 3 is 2.24 bits per heavy atom. The second-order valence-electron chi connectivity index (χ2n) is 8.74. The van der Waals surface area contributed by atoms with Crippen LogP contribution in [-0.2, 0) is 6.42 Å². The first-order chi connectivity index (χ1) is 14.3. The summed E-state index contributed by atoms with van der Waals surface area (Å²) in [6.45, 7) is 4.54. The van der Waals surface area contributed by atoms with Crippen LogP contribution in [0.5, 0.6) is 0 Å². The molecule has 0 aliphatic heterocycles. The minimum atomic E-state index is 0.747. The summed E-state index contributed by atoms with van der Waals surface area (Å²) in [7, 11) is 0. The standard InChI is InChI=1S/C28H37N/c1-3-5-7-9-25-15-21-28(29-22-25)20-14-24-12-18-27(19-13-24)26-16-10-23(11-17-26)8-6-4-2/h12-13,15,18-19,21-23,26H,3-11,16-17H2,1-2H3. The average molecular weight is 388 g/mol. The molecule has 1 saturated carbocycles. The molecule has 1 aliphatic rings. The number of aryl methyl sites for hydroxylation is 1. The molecule has 1 aromatic carbocycles. The molecule has 154 valence electrons. The van der Waals surface area contributed by atoms with Crippen molar-refractivity contribution in [1.82, 2.24) is 4.98 Å². The zero-order valence-electron chi connectivity index (χ0n) is 18.4. The van der Waals surface area contributed by atoms with Gasteiger partial charge in [0.05, 0.1) is 0 Å². The van der Waals surface area contributed by atoms with E-state index in [0.717, 1.165) is 29.5 Å². The molecule has 1 nitrogen and oxygen atoms in total. The maximum Gasteiger partial charge on any atom is 0.113 e. The van der Waals surface area contributed by atoms with E-state index in [0.29, 0.717) is 0 Å². The Kier molecular flexibility index (Phi) is 8.82. The number of pyridine rings is 1. The number of rotatable bonds is 8. The fourth-order valence-corrected chi connectivity index (χ4v) is 4.48. The maximum absolute atomic E-state index is 4.52. The van der Waals surface area contributed by atoms with Gasteiger partial charge in [0.2, 0.25) is 0 Å². The van der Waals surface area contributed by atoms with E-state index in [1.165, 1.54) is 75.3 Å². The number of hydrogen-bond donors (Lipinski definition) is 0. The highest BCUT2D eigenvalue weighted by atomic mass is 14.7. The number of unbranched alkanes of at least 4 members (excludes halogenated alkanes) is 3. The van der Waals surface area contributed by atoms with Gasteiger partial charge in [0.25, 0.3) is 0 Å². The van der Waals surface area contributed by atoms with Crippen molar-refractivity contribution >= 4 is 0 Å². The molecular formula is C28H37N. The average Bonchev–Trinajstić information content (AvgIpc) is 2.78. The third-order valence-corrected chi connectivity index (χ3v) is 6.42. The first-order valence-electron chi connectivity index (χ1n) is 11.9. The lowest BCUT2D eigenvalue weighted by Gasteiger charge is -2.28. The van der Waals surface area contributed by atoms with E-state index in [-0.39, 0.29) is 0 Å². The van der Waals surface area contributed by atoms with Crippen LogP contribution in [0.1, 0.15) is 106 Å². The van der Waals surface area contributed by atoms with Crippen LogP contribution in [0.15, 0.2) is 42.6 Å². The molecule has 1 aliphatic carbocycles. The molecular weight excluding hydrogens is 350 g/mol. The number of hydrogen-bond acceptors (Lipinski definition) is 1. The number of nitrogens with zero attached hydrogens (tertiary/aromatic N) is 1. The van der Waals surface area contributed by atoms with Gasteiger partial charge < -0.3 is 0 Å². The van der Waals surface area contributed by atoms with Crippen molar-refractivity contribution in [2.75, 3.05) is 0 Å². The molecule has 1 fully saturated rings. The first-order valence-corrected chi connectivity index (χ1v) is 11.9. The predicted molar refractivity (Wildman–Crippen MR) is 124 cm³/mol. The Labute approximate surface area is 178 Å². The largest absolute Gasteiger partial charge is 0.248 e. The third-order valence-electron chi connectivity index (χ3n) is 6.42. The van der Waals surface area contributed by atoms with Crippen molar-refractivity contribution in [3.63, 3.8) is 0 Å². The summed E-state index contributed by atoms with van der Waals surface area (Å²) >= 11 is 0. The van der Waals surface area contributed by atoms with E-state index in [1.807, 2.05) is 6.20 Å². The summed E-state index contributed by atoms with van der Waals surface area (Å²) in [6.07, 6.45) is 16.6. The van der Waals surface area contributed by atoms with Crippen molar-refractivity contribution in [3.8, 4) is 11.8 Å². The first kappa shape index (κ1) is 21.6. The number of aromatic nitrogens is 1. The van der Waals surface area contributed by atoms with Crippen LogP contribution in [-0.4, -0.2) is 4.98 Å². The smallest absolute Gasteiger partial charge is 0.113 e. The molecule has 1 aromatic heterocycles. The van der Waals surface area contributed by atoms with Crippen LogP contribution in [0.4, 0.5) is 0 Å².